The monoisotopic (exact) mass is 758 g/mol. The van der Waals surface area contributed by atoms with Crippen molar-refractivity contribution in [2.24, 2.45) is 5.16 Å². The highest BCUT2D eigenvalue weighted by molar-refractivity contribution is 8.00. The lowest BCUT2D eigenvalue weighted by atomic mass is 10.0. The van der Waals surface area contributed by atoms with Gasteiger partial charge in [-0.15, -0.1) is 23.5 Å². The number of allylic oxidation sites excluding steroid dienone is 2. The average molecular weight is 759 g/mol. The number of carbonyl (C=O) groups excluding carboxylic acids is 3. The van der Waals surface area contributed by atoms with E-state index in [2.05, 4.69) is 19.8 Å². The van der Waals surface area contributed by atoms with Crippen LogP contribution in [0.1, 0.15) is 23.1 Å². The van der Waals surface area contributed by atoms with E-state index >= 15 is 0 Å². The Morgan fingerprint density at radius 2 is 1.79 bits per heavy atom. The number of benzene rings is 2. The summed E-state index contributed by atoms with van der Waals surface area (Å²) in [4.78, 5) is 63.3. The highest BCUT2D eigenvalue weighted by Gasteiger charge is 2.55. The molecule has 1 fully saturated rings. The molecule has 4 heterocycles. The van der Waals surface area contributed by atoms with E-state index in [0.717, 1.165) is 27.6 Å². The van der Waals surface area contributed by atoms with Crippen molar-refractivity contribution in [3.8, 4) is 0 Å². The quantitative estimate of drug-likeness (QED) is 0.0426. The van der Waals surface area contributed by atoms with E-state index in [1.54, 1.807) is 6.08 Å². The lowest BCUT2D eigenvalue weighted by Crippen LogP contribution is -2.71. The highest BCUT2D eigenvalue weighted by atomic mass is 32.2. The van der Waals surface area contributed by atoms with Crippen LogP contribution in [0.4, 0.5) is 5.13 Å². The minimum absolute atomic E-state index is 0.0369. The lowest BCUT2D eigenvalue weighted by molar-refractivity contribution is -0.687. The number of oxime groups is 1. The van der Waals surface area contributed by atoms with Gasteiger partial charge in [-0.2, -0.15) is 9.36 Å². The molecule has 0 saturated carbocycles. The fourth-order valence-corrected chi connectivity index (χ4v) is 7.80. The summed E-state index contributed by atoms with van der Waals surface area (Å²) >= 11 is 3.49. The van der Waals surface area contributed by atoms with Crippen LogP contribution in [0.3, 0.4) is 0 Å². The summed E-state index contributed by atoms with van der Waals surface area (Å²) in [5.41, 5.74) is 7.61. The maximum Gasteiger partial charge on any atom is 0.356 e. The third kappa shape index (κ3) is 8.33. The van der Waals surface area contributed by atoms with Crippen molar-refractivity contribution in [1.82, 2.24) is 19.6 Å². The fraction of sp³-hybridized carbons (Fsp3) is 0.200. The number of amides is 2. The second-order valence-electron chi connectivity index (χ2n) is 11.2. The number of aromatic nitrogens is 3. The number of rotatable bonds is 14. The summed E-state index contributed by atoms with van der Waals surface area (Å²) in [7, 11) is 1.27. The van der Waals surface area contributed by atoms with Gasteiger partial charge in [-0.05, 0) is 22.8 Å². The van der Waals surface area contributed by atoms with Crippen molar-refractivity contribution >= 4 is 69.7 Å². The molecule has 1 saturated heterocycles. The first-order valence-electron chi connectivity index (χ1n) is 15.7. The standard InChI is InChI=1S/C35H31N7O7S3/c1-48-39-26(30-38-35(36)52-40-30)31(45)37-27-32(46)42-28(34(47)49-29(21-9-4-2-5-10-21)22-11-6-3-7-12-22)23(19-51-33(27)42)13-8-16-41-17-14-24(15-18-41)50-20-25(43)44/h2-15,17-18,27,29,33H,16,19-20H2,1H3,(H3-,36,37,38,40,43,44,45)/p+1/t27?,33-/m1/s1. The molecule has 0 spiro atoms. The number of fused-ring (bicyclic) bond motifs is 1. The Bertz CT molecular complexity index is 2000. The van der Waals surface area contributed by atoms with Crippen LogP contribution in [0.25, 0.3) is 0 Å². The third-order valence-corrected chi connectivity index (χ3v) is 10.7. The topological polar surface area (TPSA) is 190 Å². The number of nitrogen functional groups attached to an aromatic ring is 1. The molecule has 2 aromatic heterocycles. The third-order valence-electron chi connectivity index (χ3n) is 7.82. The Morgan fingerprint density at radius 1 is 1.12 bits per heavy atom. The summed E-state index contributed by atoms with van der Waals surface area (Å²) < 4.78 is 12.1. The Balaban J connectivity index is 1.27. The Morgan fingerprint density at radius 3 is 2.38 bits per heavy atom. The van der Waals surface area contributed by atoms with Gasteiger partial charge in [0.25, 0.3) is 11.8 Å². The molecule has 2 atom stereocenters. The van der Waals surface area contributed by atoms with Gasteiger partial charge in [-0.25, -0.2) is 9.36 Å². The van der Waals surface area contributed by atoms with Crippen molar-refractivity contribution in [3.63, 3.8) is 0 Å². The zero-order valence-electron chi connectivity index (χ0n) is 27.5. The van der Waals surface area contributed by atoms with Crippen molar-refractivity contribution in [2.75, 3.05) is 24.3 Å². The second kappa shape index (κ2) is 16.7. The number of nitrogens with two attached hydrogens (primary N) is 1. The maximum absolute atomic E-state index is 14.3. The number of hydrogen-bond acceptors (Lipinski definition) is 13. The van der Waals surface area contributed by atoms with E-state index in [4.69, 9.17) is 20.4 Å². The van der Waals surface area contributed by atoms with Crippen LogP contribution in [0.2, 0.25) is 0 Å². The number of esters is 1. The molecular formula is C35H32N7O7S3+. The lowest BCUT2D eigenvalue weighted by Gasteiger charge is -2.49. The average Bonchev–Trinajstić information content (AvgIpc) is 3.60. The Kier molecular flexibility index (Phi) is 11.6. The maximum atomic E-state index is 14.3. The molecule has 52 heavy (non-hydrogen) atoms. The molecule has 2 amide bonds. The van der Waals surface area contributed by atoms with E-state index in [1.165, 1.54) is 35.5 Å². The van der Waals surface area contributed by atoms with Crippen molar-refractivity contribution < 1.29 is 38.4 Å². The molecule has 2 aliphatic rings. The van der Waals surface area contributed by atoms with E-state index in [1.807, 2.05) is 95.8 Å². The van der Waals surface area contributed by atoms with Gasteiger partial charge in [0.2, 0.25) is 11.5 Å². The highest BCUT2D eigenvalue weighted by Crippen LogP contribution is 2.42. The smallest absolute Gasteiger partial charge is 0.356 e. The summed E-state index contributed by atoms with van der Waals surface area (Å²) in [6, 6.07) is 21.3. The fourth-order valence-electron chi connectivity index (χ4n) is 5.45. The van der Waals surface area contributed by atoms with Crippen LogP contribution in [-0.4, -0.2) is 78.9 Å². The van der Waals surface area contributed by atoms with Crippen LogP contribution >= 0.6 is 35.1 Å². The minimum atomic E-state index is -0.990. The number of carboxylic acids is 1. The number of thioether (sulfide) groups is 2. The van der Waals surface area contributed by atoms with Gasteiger partial charge in [0.1, 0.15) is 24.2 Å². The largest absolute Gasteiger partial charge is 0.481 e. The van der Waals surface area contributed by atoms with Gasteiger partial charge in [0.15, 0.2) is 30.2 Å². The summed E-state index contributed by atoms with van der Waals surface area (Å²) in [5, 5.41) is 14.9. The zero-order valence-corrected chi connectivity index (χ0v) is 30.0. The van der Waals surface area contributed by atoms with Gasteiger partial charge < -0.3 is 25.7 Å². The number of nitrogens with one attached hydrogen (secondary N) is 1. The molecule has 17 heteroatoms. The van der Waals surface area contributed by atoms with Gasteiger partial charge in [-0.3, -0.25) is 19.3 Å². The number of carboxylic acid groups (broad SMARTS) is 1. The number of β-lactam (4-membered cyclic amide) rings is 1. The van der Waals surface area contributed by atoms with Crippen molar-refractivity contribution in [1.29, 1.82) is 0 Å². The van der Waals surface area contributed by atoms with E-state index in [-0.39, 0.29) is 28.1 Å². The van der Waals surface area contributed by atoms with E-state index in [0.29, 0.717) is 17.9 Å². The zero-order chi connectivity index (χ0) is 36.6. The normalized spacial score (nSPS) is 17.2. The molecule has 0 bridgehead atoms. The van der Waals surface area contributed by atoms with Crippen LogP contribution in [0, 0.1) is 0 Å². The molecular weight excluding hydrogens is 727 g/mol. The summed E-state index contributed by atoms with van der Waals surface area (Å²) in [6.45, 7) is 0.434. The Labute approximate surface area is 310 Å². The predicted molar refractivity (Wildman–Crippen MR) is 195 cm³/mol. The molecule has 14 nitrogen and oxygen atoms in total. The first-order chi connectivity index (χ1) is 25.2. The molecule has 4 N–H and O–H groups in total. The first-order valence-corrected chi connectivity index (χ1v) is 18.5. The van der Waals surface area contributed by atoms with Gasteiger partial charge >= 0.3 is 11.9 Å². The van der Waals surface area contributed by atoms with Crippen molar-refractivity contribution in [3.05, 3.63) is 126 Å². The van der Waals surface area contributed by atoms with Crippen LogP contribution in [0.5, 0.6) is 0 Å². The second-order valence-corrected chi connectivity index (χ2v) is 14.2. The molecule has 2 aromatic carbocycles. The number of aliphatic carboxylic acids is 1. The molecule has 4 aromatic rings. The van der Waals surface area contributed by atoms with E-state index in [9.17, 15) is 19.2 Å². The molecule has 1 unspecified atom stereocenters. The molecule has 2 aliphatic heterocycles. The number of hydrogen-bond donors (Lipinski definition) is 3. The Hall–Kier alpha value is -5.52. The minimum Gasteiger partial charge on any atom is -0.481 e. The van der Waals surface area contributed by atoms with Gasteiger partial charge in [0, 0.05) is 34.3 Å². The number of anilines is 1. The van der Waals surface area contributed by atoms with Crippen molar-refractivity contribution in [2.45, 2.75) is 29.0 Å². The summed E-state index contributed by atoms with van der Waals surface area (Å²) in [6.07, 6.45) is 6.56. The molecule has 0 aliphatic carbocycles. The van der Waals surface area contributed by atoms with Crippen LogP contribution in [-0.2, 0) is 35.3 Å². The van der Waals surface area contributed by atoms with Crippen LogP contribution < -0.4 is 15.6 Å². The molecule has 266 valence electrons. The van der Waals surface area contributed by atoms with Crippen LogP contribution in [0.15, 0.2) is 119 Å². The summed E-state index contributed by atoms with van der Waals surface area (Å²) in [5.74, 6) is -2.58. The first kappa shape index (κ1) is 36.3. The van der Waals surface area contributed by atoms with Gasteiger partial charge in [-0.1, -0.05) is 71.9 Å². The molecule has 6 rings (SSSR count). The van der Waals surface area contributed by atoms with E-state index < -0.39 is 41.3 Å². The number of pyridine rings is 1. The number of nitrogens with zero attached hydrogens (tertiary/aromatic N) is 5. The SMILES string of the molecule is CON=C(C(=O)NC1C(=O)N2C(C(=O)OC(c3ccccc3)c3ccccc3)=C(C=CC[n+]3ccc(SCC(=O)O)cc3)CS[C@H]12)c1nsc(N)n1. The molecule has 0 radical (unpaired) electrons. The number of carbonyl (C=O) groups is 4. The number of ether oxygens (including phenoxy) is 1. The van der Waals surface area contributed by atoms with Gasteiger partial charge in [0.05, 0.1) is 5.75 Å². The predicted octanol–water partition coefficient (Wildman–Crippen LogP) is 3.18.